The number of carbonyl (C=O) groups is 2. The molecule has 2 atom stereocenters. The molecule has 0 spiro atoms. The molecule has 13 heteroatoms. The van der Waals surface area contributed by atoms with Crippen molar-refractivity contribution in [3.63, 3.8) is 0 Å². The van der Waals surface area contributed by atoms with E-state index in [0.717, 1.165) is 18.3 Å². The van der Waals surface area contributed by atoms with Gasteiger partial charge in [-0.2, -0.15) is 8.78 Å². The van der Waals surface area contributed by atoms with Crippen molar-refractivity contribution in [1.29, 1.82) is 0 Å². The minimum atomic E-state index is -3.33. The Kier molecular flexibility index (Phi) is 6.25. The van der Waals surface area contributed by atoms with Crippen molar-refractivity contribution in [2.75, 3.05) is 6.54 Å². The smallest absolute Gasteiger partial charge is 0.388 e. The highest BCUT2D eigenvalue weighted by atomic mass is 35.5. The summed E-state index contributed by atoms with van der Waals surface area (Å²) in [5.41, 5.74) is -0.530. The summed E-state index contributed by atoms with van der Waals surface area (Å²) in [6.45, 7) is -3.40. The van der Waals surface area contributed by atoms with Crippen LogP contribution in [0.25, 0.3) is 0 Å². The molecule has 0 bridgehead atoms. The van der Waals surface area contributed by atoms with E-state index in [2.05, 4.69) is 25.7 Å². The van der Waals surface area contributed by atoms with E-state index in [9.17, 15) is 31.5 Å². The van der Waals surface area contributed by atoms with Gasteiger partial charge in [-0.1, -0.05) is 17.7 Å². The quantitative estimate of drug-likeness (QED) is 0.466. The van der Waals surface area contributed by atoms with Gasteiger partial charge in [-0.3, -0.25) is 4.79 Å². The van der Waals surface area contributed by atoms with Gasteiger partial charge in [0.2, 0.25) is 5.91 Å². The van der Waals surface area contributed by atoms with Crippen LogP contribution in [0.1, 0.15) is 17.2 Å². The van der Waals surface area contributed by atoms with E-state index in [4.69, 9.17) is 11.6 Å². The molecular weight excluding hydrogens is 439 g/mol. The minimum Gasteiger partial charge on any atom is -0.414 e. The summed E-state index contributed by atoms with van der Waals surface area (Å²) in [6.07, 6.45) is 0.869. The number of ether oxygens (including phenoxy) is 1. The zero-order valence-corrected chi connectivity index (χ0v) is 15.4. The first-order valence-electron chi connectivity index (χ1n) is 8.25. The summed E-state index contributed by atoms with van der Waals surface area (Å²) < 4.78 is 70.8. The van der Waals surface area contributed by atoms with E-state index < -0.39 is 59.0 Å². The van der Waals surface area contributed by atoms with Gasteiger partial charge in [0.15, 0.2) is 5.82 Å². The second-order valence-electron chi connectivity index (χ2n) is 6.05. The minimum absolute atomic E-state index is 0.0716. The highest BCUT2D eigenvalue weighted by Gasteiger charge is 2.31. The Morgan fingerprint density at radius 2 is 2.00 bits per heavy atom. The molecule has 1 aromatic carbocycles. The number of carbonyl (C=O) groups excluding carboxylic acids is 2. The third-order valence-corrected chi connectivity index (χ3v) is 4.46. The number of aromatic nitrogens is 1. The average Bonchev–Trinajstić information content (AvgIpc) is 3.12. The van der Waals surface area contributed by atoms with Crippen LogP contribution in [0.2, 0.25) is 5.02 Å². The maximum atomic E-state index is 14.6. The molecule has 2 heterocycles. The van der Waals surface area contributed by atoms with Crippen LogP contribution < -0.4 is 20.7 Å². The lowest BCUT2D eigenvalue weighted by Crippen LogP contribution is -2.44. The summed E-state index contributed by atoms with van der Waals surface area (Å²) >= 11 is 5.59. The molecule has 1 aliphatic heterocycles. The highest BCUT2D eigenvalue weighted by Crippen LogP contribution is 2.31. The fourth-order valence-electron chi connectivity index (χ4n) is 2.73. The standard InChI is InChI=1S/C17H12ClF5N4O3/c18-11-8(19)2-1-7(12(11)21)13(27-14(28)10-5-25-17(29)26-10)6-3-9(20)15(24-4-6)30-16(22)23/h1-4,10,13,16H,5H2,(H,27,28)(H2,25,26,29)/t10-,13+/m0/s1. The van der Waals surface area contributed by atoms with Crippen LogP contribution in [-0.4, -0.2) is 36.1 Å². The van der Waals surface area contributed by atoms with Gasteiger partial charge in [-0.15, -0.1) is 0 Å². The average molecular weight is 451 g/mol. The lowest BCUT2D eigenvalue weighted by molar-refractivity contribution is -0.122. The maximum absolute atomic E-state index is 14.6. The van der Waals surface area contributed by atoms with Crippen molar-refractivity contribution in [2.45, 2.75) is 18.7 Å². The first-order valence-corrected chi connectivity index (χ1v) is 8.63. The third-order valence-electron chi connectivity index (χ3n) is 4.11. The van der Waals surface area contributed by atoms with Crippen molar-refractivity contribution >= 4 is 23.5 Å². The number of nitrogens with zero attached hydrogens (tertiary/aromatic N) is 1. The second-order valence-corrected chi connectivity index (χ2v) is 6.43. The van der Waals surface area contributed by atoms with Crippen molar-refractivity contribution in [3.05, 3.63) is 58.0 Å². The van der Waals surface area contributed by atoms with Crippen molar-refractivity contribution < 1.29 is 36.3 Å². The summed E-state index contributed by atoms with van der Waals surface area (Å²) in [5.74, 6) is -5.41. The molecule has 1 saturated heterocycles. The van der Waals surface area contributed by atoms with Crippen LogP contribution in [0.5, 0.6) is 5.88 Å². The molecule has 3 amide bonds. The number of urea groups is 1. The van der Waals surface area contributed by atoms with Crippen LogP contribution in [-0.2, 0) is 4.79 Å². The molecule has 30 heavy (non-hydrogen) atoms. The lowest BCUT2D eigenvalue weighted by atomic mass is 9.98. The van der Waals surface area contributed by atoms with Gasteiger partial charge in [-0.25, -0.2) is 22.9 Å². The van der Waals surface area contributed by atoms with Gasteiger partial charge in [0.05, 0.1) is 6.04 Å². The molecule has 1 aliphatic rings. The number of nitrogens with one attached hydrogen (secondary N) is 3. The molecule has 3 N–H and O–H groups in total. The van der Waals surface area contributed by atoms with E-state index in [-0.39, 0.29) is 17.7 Å². The predicted octanol–water partition coefficient (Wildman–Crippen LogP) is 2.64. The Morgan fingerprint density at radius 3 is 2.60 bits per heavy atom. The largest absolute Gasteiger partial charge is 0.414 e. The number of alkyl halides is 2. The number of pyridine rings is 1. The predicted molar refractivity (Wildman–Crippen MR) is 92.5 cm³/mol. The first kappa shape index (κ1) is 21.6. The molecular formula is C17H12ClF5N4O3. The number of benzene rings is 1. The topological polar surface area (TPSA) is 92.4 Å². The third kappa shape index (κ3) is 4.53. The number of amides is 3. The molecule has 0 aliphatic carbocycles. The fourth-order valence-corrected chi connectivity index (χ4v) is 2.90. The lowest BCUT2D eigenvalue weighted by Gasteiger charge is -2.22. The fraction of sp³-hybridized carbons (Fsp3) is 0.235. The van der Waals surface area contributed by atoms with Gasteiger partial charge in [0.25, 0.3) is 5.88 Å². The van der Waals surface area contributed by atoms with Crippen LogP contribution in [0.15, 0.2) is 24.4 Å². The monoisotopic (exact) mass is 450 g/mol. The second kappa shape index (κ2) is 8.69. The van der Waals surface area contributed by atoms with E-state index in [0.29, 0.717) is 6.07 Å². The Labute approximate surface area is 170 Å². The Balaban J connectivity index is 1.99. The van der Waals surface area contributed by atoms with E-state index in [1.54, 1.807) is 0 Å². The molecule has 1 fully saturated rings. The van der Waals surface area contributed by atoms with Crippen molar-refractivity contribution in [3.8, 4) is 5.88 Å². The van der Waals surface area contributed by atoms with Crippen molar-refractivity contribution in [1.82, 2.24) is 20.9 Å². The van der Waals surface area contributed by atoms with E-state index in [1.807, 2.05) is 0 Å². The normalized spacial score (nSPS) is 16.8. The zero-order valence-electron chi connectivity index (χ0n) is 14.7. The Hall–Kier alpha value is -3.15. The van der Waals surface area contributed by atoms with Gasteiger partial charge in [-0.05, 0) is 12.1 Å². The maximum Gasteiger partial charge on any atom is 0.388 e. The highest BCUT2D eigenvalue weighted by molar-refractivity contribution is 6.31. The SMILES string of the molecule is O=C1NC[C@@H](C(=O)N[C@H](c2cnc(OC(F)F)c(F)c2)c2ccc(F)c(Cl)c2F)N1. The molecule has 0 saturated carbocycles. The molecule has 3 rings (SSSR count). The molecule has 0 radical (unpaired) electrons. The summed E-state index contributed by atoms with van der Waals surface area (Å²) in [7, 11) is 0. The van der Waals surface area contributed by atoms with Crippen molar-refractivity contribution in [2.24, 2.45) is 0 Å². The summed E-state index contributed by atoms with van der Waals surface area (Å²) in [5, 5.41) is 6.16. The zero-order chi connectivity index (χ0) is 22.0. The molecule has 1 aromatic heterocycles. The molecule has 7 nitrogen and oxygen atoms in total. The molecule has 0 unspecified atom stereocenters. The van der Waals surface area contributed by atoms with Crippen LogP contribution >= 0.6 is 11.6 Å². The van der Waals surface area contributed by atoms with Gasteiger partial charge < -0.3 is 20.7 Å². The van der Waals surface area contributed by atoms with Gasteiger partial charge >= 0.3 is 12.6 Å². The molecule has 2 aromatic rings. The Bertz CT molecular complexity index is 994. The van der Waals surface area contributed by atoms with Crippen LogP contribution in [0.4, 0.5) is 26.7 Å². The van der Waals surface area contributed by atoms with E-state index >= 15 is 0 Å². The number of rotatable bonds is 6. The molecule has 160 valence electrons. The van der Waals surface area contributed by atoms with Crippen LogP contribution in [0, 0.1) is 17.5 Å². The number of hydrogen-bond donors (Lipinski definition) is 3. The summed E-state index contributed by atoms with van der Waals surface area (Å²) in [6, 6.07) is -0.596. The summed E-state index contributed by atoms with van der Waals surface area (Å²) in [4.78, 5) is 27.1. The van der Waals surface area contributed by atoms with Gasteiger partial charge in [0, 0.05) is 23.9 Å². The first-order chi connectivity index (χ1) is 14.2. The van der Waals surface area contributed by atoms with Crippen LogP contribution in [0.3, 0.4) is 0 Å². The Morgan fingerprint density at radius 1 is 1.27 bits per heavy atom. The number of halogens is 6. The number of hydrogen-bond acceptors (Lipinski definition) is 4. The van der Waals surface area contributed by atoms with E-state index in [1.165, 1.54) is 0 Å². The van der Waals surface area contributed by atoms with Gasteiger partial charge in [0.1, 0.15) is 22.7 Å².